The Morgan fingerprint density at radius 1 is 1.47 bits per heavy atom. The van der Waals surface area contributed by atoms with E-state index in [0.29, 0.717) is 6.61 Å². The molecule has 1 rings (SSSR count). The summed E-state index contributed by atoms with van der Waals surface area (Å²) < 4.78 is 5.55. The molecule has 0 bridgehead atoms. The average Bonchev–Trinajstić information content (AvgIpc) is 2.27. The molecule has 0 aliphatic heterocycles. The lowest BCUT2D eigenvalue weighted by atomic mass is 10.3. The number of alkyl halides is 1. The van der Waals surface area contributed by atoms with Crippen LogP contribution in [0.4, 0.5) is 5.82 Å². The highest BCUT2D eigenvalue weighted by molar-refractivity contribution is 9.09. The minimum Gasteiger partial charge on any atom is -0.490 e. The molecule has 1 aromatic heterocycles. The predicted octanol–water partition coefficient (Wildman–Crippen LogP) is 2.70. The van der Waals surface area contributed by atoms with E-state index in [1.54, 1.807) is 6.20 Å². The first kappa shape index (κ1) is 12.3. The van der Waals surface area contributed by atoms with Crippen molar-refractivity contribution in [3.05, 3.63) is 18.3 Å². The molecule has 0 atom stereocenters. The third-order valence-electron chi connectivity index (χ3n) is 2.09. The molecule has 0 saturated carbocycles. The Labute approximate surface area is 99.6 Å². The number of hydrogen-bond donors (Lipinski definition) is 0. The summed E-state index contributed by atoms with van der Waals surface area (Å²) in [5, 5.41) is 0.934. The van der Waals surface area contributed by atoms with E-state index in [1.165, 1.54) is 0 Å². The third kappa shape index (κ3) is 3.38. The zero-order valence-corrected chi connectivity index (χ0v) is 10.8. The van der Waals surface area contributed by atoms with E-state index in [9.17, 15) is 0 Å². The van der Waals surface area contributed by atoms with Crippen LogP contribution in [0.5, 0.6) is 5.75 Å². The van der Waals surface area contributed by atoms with Crippen LogP contribution in [0, 0.1) is 0 Å². The molecule has 15 heavy (non-hydrogen) atoms. The van der Waals surface area contributed by atoms with Gasteiger partial charge in [-0.25, -0.2) is 4.98 Å². The Morgan fingerprint density at radius 3 is 2.87 bits per heavy atom. The summed E-state index contributed by atoms with van der Waals surface area (Å²) in [4.78, 5) is 6.56. The summed E-state index contributed by atoms with van der Waals surface area (Å²) in [7, 11) is 0. The average molecular weight is 273 g/mol. The summed E-state index contributed by atoms with van der Waals surface area (Å²) in [6, 6.07) is 3.86. The van der Waals surface area contributed by atoms with Crippen LogP contribution in [0.25, 0.3) is 0 Å². The molecule has 84 valence electrons. The number of pyridine rings is 1. The fraction of sp³-hybridized carbons (Fsp3) is 0.545. The third-order valence-corrected chi connectivity index (χ3v) is 2.44. The van der Waals surface area contributed by atoms with Gasteiger partial charge in [-0.2, -0.15) is 0 Å². The standard InChI is InChI=1S/C11H17BrN2O/c1-3-14(9-7-12)11-10(15-4-2)6-5-8-13-11/h5-6,8H,3-4,7,9H2,1-2H3. The monoisotopic (exact) mass is 272 g/mol. The summed E-state index contributed by atoms with van der Waals surface area (Å²) in [5.74, 6) is 1.80. The molecule has 3 nitrogen and oxygen atoms in total. The minimum atomic E-state index is 0.671. The van der Waals surface area contributed by atoms with Gasteiger partial charge < -0.3 is 9.64 Å². The van der Waals surface area contributed by atoms with Gasteiger partial charge in [0.2, 0.25) is 0 Å². The molecule has 0 N–H and O–H groups in total. The van der Waals surface area contributed by atoms with E-state index in [-0.39, 0.29) is 0 Å². The molecule has 0 aliphatic carbocycles. The maximum Gasteiger partial charge on any atom is 0.171 e. The molecule has 0 unspecified atom stereocenters. The lowest BCUT2D eigenvalue weighted by Gasteiger charge is -2.22. The zero-order chi connectivity index (χ0) is 11.1. The number of rotatable bonds is 6. The lowest BCUT2D eigenvalue weighted by molar-refractivity contribution is 0.339. The molecule has 4 heteroatoms. The number of ether oxygens (including phenoxy) is 1. The van der Waals surface area contributed by atoms with Crippen LogP contribution >= 0.6 is 15.9 Å². The van der Waals surface area contributed by atoms with Crippen molar-refractivity contribution in [3.63, 3.8) is 0 Å². The van der Waals surface area contributed by atoms with Crippen molar-refractivity contribution in [2.24, 2.45) is 0 Å². The molecule has 0 fully saturated rings. The van der Waals surface area contributed by atoms with Crippen molar-refractivity contribution in [3.8, 4) is 5.75 Å². The second-order valence-electron chi connectivity index (χ2n) is 3.03. The van der Waals surface area contributed by atoms with Gasteiger partial charge in [0.15, 0.2) is 11.6 Å². The van der Waals surface area contributed by atoms with Gasteiger partial charge in [-0.1, -0.05) is 15.9 Å². The summed E-state index contributed by atoms with van der Waals surface area (Å²) >= 11 is 3.44. The molecule has 0 saturated heterocycles. The van der Waals surface area contributed by atoms with Gasteiger partial charge in [-0.15, -0.1) is 0 Å². The zero-order valence-electron chi connectivity index (χ0n) is 9.24. The van der Waals surface area contributed by atoms with Crippen molar-refractivity contribution >= 4 is 21.7 Å². The Kier molecular flexibility index (Phi) is 5.47. The molecular formula is C11H17BrN2O. The second-order valence-corrected chi connectivity index (χ2v) is 3.82. The van der Waals surface area contributed by atoms with Crippen molar-refractivity contribution in [2.75, 3.05) is 29.9 Å². The molecule has 0 aliphatic rings. The number of nitrogens with zero attached hydrogens (tertiary/aromatic N) is 2. The van der Waals surface area contributed by atoms with Crippen LogP contribution < -0.4 is 9.64 Å². The first-order valence-electron chi connectivity index (χ1n) is 5.22. The number of halogens is 1. The molecule has 1 aromatic rings. The van der Waals surface area contributed by atoms with E-state index < -0.39 is 0 Å². The van der Waals surface area contributed by atoms with Crippen LogP contribution in [0.15, 0.2) is 18.3 Å². The largest absolute Gasteiger partial charge is 0.490 e. The van der Waals surface area contributed by atoms with Crippen LogP contribution in [0.1, 0.15) is 13.8 Å². The lowest BCUT2D eigenvalue weighted by Crippen LogP contribution is -2.26. The molecule has 0 spiro atoms. The van der Waals surface area contributed by atoms with Gasteiger partial charge >= 0.3 is 0 Å². The Balaban J connectivity index is 2.88. The Hall–Kier alpha value is -0.770. The summed E-state index contributed by atoms with van der Waals surface area (Å²) in [5.41, 5.74) is 0. The van der Waals surface area contributed by atoms with E-state index in [2.05, 4.69) is 32.7 Å². The fourth-order valence-corrected chi connectivity index (χ4v) is 1.83. The molecule has 0 aromatic carbocycles. The molecule has 1 heterocycles. The first-order chi connectivity index (χ1) is 7.33. The van der Waals surface area contributed by atoms with Gasteiger partial charge in [0.05, 0.1) is 6.61 Å². The first-order valence-corrected chi connectivity index (χ1v) is 6.34. The highest BCUT2D eigenvalue weighted by atomic mass is 79.9. The van der Waals surface area contributed by atoms with Crippen molar-refractivity contribution < 1.29 is 4.74 Å². The highest BCUT2D eigenvalue weighted by Crippen LogP contribution is 2.24. The van der Waals surface area contributed by atoms with Crippen molar-refractivity contribution in [2.45, 2.75) is 13.8 Å². The van der Waals surface area contributed by atoms with Crippen LogP contribution in [-0.2, 0) is 0 Å². The molecule has 0 radical (unpaired) electrons. The number of anilines is 1. The van der Waals surface area contributed by atoms with E-state index in [1.807, 2.05) is 19.1 Å². The van der Waals surface area contributed by atoms with Gasteiger partial charge in [-0.05, 0) is 26.0 Å². The highest BCUT2D eigenvalue weighted by Gasteiger charge is 2.10. The summed E-state index contributed by atoms with van der Waals surface area (Å²) in [6.07, 6.45) is 1.80. The normalized spacial score (nSPS) is 10.1. The molecule has 0 amide bonds. The van der Waals surface area contributed by atoms with Crippen LogP contribution in [0.2, 0.25) is 0 Å². The van der Waals surface area contributed by atoms with E-state index in [4.69, 9.17) is 4.74 Å². The number of aromatic nitrogens is 1. The second kappa shape index (κ2) is 6.67. The minimum absolute atomic E-state index is 0.671. The van der Waals surface area contributed by atoms with Gasteiger partial charge in [0, 0.05) is 24.6 Å². The van der Waals surface area contributed by atoms with Gasteiger partial charge in [0.1, 0.15) is 0 Å². The maximum atomic E-state index is 5.55. The van der Waals surface area contributed by atoms with Crippen molar-refractivity contribution in [1.29, 1.82) is 0 Å². The topological polar surface area (TPSA) is 25.4 Å². The molecular weight excluding hydrogens is 256 g/mol. The summed E-state index contributed by atoms with van der Waals surface area (Å²) in [6.45, 7) is 6.64. The van der Waals surface area contributed by atoms with Crippen LogP contribution in [0.3, 0.4) is 0 Å². The van der Waals surface area contributed by atoms with E-state index >= 15 is 0 Å². The predicted molar refractivity (Wildman–Crippen MR) is 67.1 cm³/mol. The fourth-order valence-electron chi connectivity index (χ4n) is 1.40. The Bertz CT molecular complexity index is 294. The van der Waals surface area contributed by atoms with Gasteiger partial charge in [0.25, 0.3) is 0 Å². The quantitative estimate of drug-likeness (QED) is 0.745. The SMILES string of the molecule is CCOc1cccnc1N(CC)CCBr. The Morgan fingerprint density at radius 2 is 2.27 bits per heavy atom. The maximum absolute atomic E-state index is 5.55. The smallest absolute Gasteiger partial charge is 0.171 e. The van der Waals surface area contributed by atoms with Crippen molar-refractivity contribution in [1.82, 2.24) is 4.98 Å². The number of hydrogen-bond acceptors (Lipinski definition) is 3. The van der Waals surface area contributed by atoms with Crippen LogP contribution in [-0.4, -0.2) is 30.0 Å². The van der Waals surface area contributed by atoms with E-state index in [0.717, 1.165) is 30.0 Å². The van der Waals surface area contributed by atoms with Gasteiger partial charge in [-0.3, -0.25) is 0 Å².